The molecule has 0 saturated heterocycles. The van der Waals surface area contributed by atoms with Gasteiger partial charge in [-0.15, -0.1) is 0 Å². The SMILES string of the molecule is CN(c1ccccc1Nc1nc(Nc2ccc(C(=O)O)c(F)c2)ncc1C(F)(F)F)S(C)(=O)=O. The van der Waals surface area contributed by atoms with Crippen molar-refractivity contribution in [2.45, 2.75) is 6.18 Å². The number of hydrogen-bond donors (Lipinski definition) is 3. The van der Waals surface area contributed by atoms with Gasteiger partial charge in [0.05, 0.1) is 23.2 Å². The van der Waals surface area contributed by atoms with E-state index in [-0.39, 0.29) is 23.0 Å². The lowest BCUT2D eigenvalue weighted by molar-refractivity contribution is -0.137. The predicted octanol–water partition coefficient (Wildman–Crippen LogP) is 4.22. The number of nitrogens with zero attached hydrogens (tertiary/aromatic N) is 3. The van der Waals surface area contributed by atoms with Gasteiger partial charge in [0.2, 0.25) is 16.0 Å². The van der Waals surface area contributed by atoms with Crippen molar-refractivity contribution in [3.63, 3.8) is 0 Å². The van der Waals surface area contributed by atoms with Gasteiger partial charge in [0.15, 0.2) is 0 Å². The van der Waals surface area contributed by atoms with Crippen molar-refractivity contribution < 1.29 is 35.9 Å². The summed E-state index contributed by atoms with van der Waals surface area (Å²) in [5.74, 6) is -3.60. The molecule has 0 atom stereocenters. The predicted molar refractivity (Wildman–Crippen MR) is 117 cm³/mol. The third kappa shape index (κ3) is 5.51. The van der Waals surface area contributed by atoms with Crippen LogP contribution in [0, 0.1) is 5.82 Å². The molecule has 0 saturated carbocycles. The third-order valence-electron chi connectivity index (χ3n) is 4.54. The van der Waals surface area contributed by atoms with Gasteiger partial charge >= 0.3 is 12.1 Å². The topological polar surface area (TPSA) is 125 Å². The second kappa shape index (κ2) is 9.13. The monoisotopic (exact) mass is 499 g/mol. The molecule has 0 aliphatic carbocycles. The van der Waals surface area contributed by atoms with E-state index in [9.17, 15) is 30.8 Å². The maximum atomic E-state index is 13.9. The number of aromatic nitrogens is 2. The summed E-state index contributed by atoms with van der Waals surface area (Å²) in [6.45, 7) is 0. The Kier molecular flexibility index (Phi) is 6.63. The van der Waals surface area contributed by atoms with Crippen LogP contribution in [0.2, 0.25) is 0 Å². The van der Waals surface area contributed by atoms with Crippen LogP contribution in [0.15, 0.2) is 48.7 Å². The lowest BCUT2D eigenvalue weighted by atomic mass is 10.2. The fourth-order valence-corrected chi connectivity index (χ4v) is 3.32. The quantitative estimate of drug-likeness (QED) is 0.413. The molecule has 14 heteroatoms. The standard InChI is InChI=1S/C20H17F4N5O4S/c1-29(34(2,32)33)16-6-4-3-5-15(16)27-17-13(20(22,23)24)10-25-19(28-17)26-11-7-8-12(18(30)31)14(21)9-11/h3-10H,1-2H3,(H,30,31)(H2,25,26,27,28). The van der Waals surface area contributed by atoms with Crippen molar-refractivity contribution in [3.8, 4) is 0 Å². The van der Waals surface area contributed by atoms with Crippen LogP contribution in [-0.4, -0.2) is 42.8 Å². The summed E-state index contributed by atoms with van der Waals surface area (Å²) >= 11 is 0. The highest BCUT2D eigenvalue weighted by Crippen LogP contribution is 2.37. The van der Waals surface area contributed by atoms with E-state index in [1.165, 1.54) is 37.4 Å². The van der Waals surface area contributed by atoms with Crippen molar-refractivity contribution in [1.29, 1.82) is 0 Å². The van der Waals surface area contributed by atoms with Gasteiger partial charge in [-0.2, -0.15) is 18.2 Å². The minimum atomic E-state index is -4.85. The fraction of sp³-hybridized carbons (Fsp3) is 0.150. The van der Waals surface area contributed by atoms with E-state index in [1.54, 1.807) is 0 Å². The number of halogens is 4. The van der Waals surface area contributed by atoms with E-state index < -0.39 is 44.9 Å². The highest BCUT2D eigenvalue weighted by molar-refractivity contribution is 7.92. The van der Waals surface area contributed by atoms with Crippen LogP contribution in [0.25, 0.3) is 0 Å². The van der Waals surface area contributed by atoms with Crippen LogP contribution >= 0.6 is 0 Å². The van der Waals surface area contributed by atoms with Gasteiger partial charge in [-0.3, -0.25) is 4.31 Å². The van der Waals surface area contributed by atoms with Crippen LogP contribution in [0.3, 0.4) is 0 Å². The summed E-state index contributed by atoms with van der Waals surface area (Å²) in [6.07, 6.45) is -3.41. The molecule has 0 unspecified atom stereocenters. The summed E-state index contributed by atoms with van der Waals surface area (Å²) in [5, 5.41) is 13.9. The molecule has 180 valence electrons. The molecule has 0 radical (unpaired) electrons. The van der Waals surface area contributed by atoms with Crippen LogP contribution in [0.1, 0.15) is 15.9 Å². The molecule has 1 heterocycles. The summed E-state index contributed by atoms with van der Waals surface area (Å²) in [5.41, 5.74) is -1.75. The molecule has 0 amide bonds. The molecule has 1 aromatic heterocycles. The Hall–Kier alpha value is -3.94. The number of anilines is 5. The molecule has 2 aromatic carbocycles. The average Bonchev–Trinajstić information content (AvgIpc) is 2.72. The number of benzene rings is 2. The first-order valence-corrected chi connectivity index (χ1v) is 11.2. The van der Waals surface area contributed by atoms with Crippen molar-refractivity contribution in [3.05, 3.63) is 65.6 Å². The first-order chi connectivity index (χ1) is 15.8. The van der Waals surface area contributed by atoms with Gasteiger partial charge in [-0.25, -0.2) is 22.6 Å². The Labute approximate surface area is 191 Å². The van der Waals surface area contributed by atoms with Crippen molar-refractivity contribution in [2.75, 3.05) is 28.2 Å². The smallest absolute Gasteiger partial charge is 0.421 e. The van der Waals surface area contributed by atoms with E-state index in [2.05, 4.69) is 20.6 Å². The third-order valence-corrected chi connectivity index (χ3v) is 5.74. The number of carboxylic acid groups (broad SMARTS) is 1. The summed E-state index contributed by atoms with van der Waals surface area (Å²) in [7, 11) is -2.48. The molecule has 0 aliphatic heterocycles. The largest absolute Gasteiger partial charge is 0.478 e. The van der Waals surface area contributed by atoms with Crippen LogP contribution in [-0.2, 0) is 16.2 Å². The number of carbonyl (C=O) groups is 1. The molecule has 3 N–H and O–H groups in total. The zero-order valence-corrected chi connectivity index (χ0v) is 18.4. The molecule has 0 fully saturated rings. The maximum Gasteiger partial charge on any atom is 0.421 e. The number of carboxylic acids is 1. The molecule has 3 rings (SSSR count). The molecular weight excluding hydrogens is 482 g/mol. The highest BCUT2D eigenvalue weighted by atomic mass is 32.2. The van der Waals surface area contributed by atoms with Gasteiger partial charge in [0, 0.05) is 18.9 Å². The van der Waals surface area contributed by atoms with E-state index in [0.717, 1.165) is 22.7 Å². The molecule has 0 aliphatic rings. The molecule has 9 nitrogen and oxygen atoms in total. The number of aromatic carboxylic acids is 1. The molecule has 3 aromatic rings. The van der Waals surface area contributed by atoms with Gasteiger partial charge in [-0.1, -0.05) is 12.1 Å². The Morgan fingerprint density at radius 2 is 1.79 bits per heavy atom. The number of nitrogens with one attached hydrogen (secondary N) is 2. The van der Waals surface area contributed by atoms with Crippen LogP contribution in [0.4, 0.5) is 46.4 Å². The zero-order valence-electron chi connectivity index (χ0n) is 17.6. The number of sulfonamides is 1. The maximum absolute atomic E-state index is 13.9. The van der Waals surface area contributed by atoms with Crippen LogP contribution in [0.5, 0.6) is 0 Å². The van der Waals surface area contributed by atoms with Crippen molar-refractivity contribution in [2.24, 2.45) is 0 Å². The van der Waals surface area contributed by atoms with E-state index in [4.69, 9.17) is 5.11 Å². The Morgan fingerprint density at radius 3 is 2.38 bits per heavy atom. The second-order valence-electron chi connectivity index (χ2n) is 6.95. The fourth-order valence-electron chi connectivity index (χ4n) is 2.80. The molecule has 0 spiro atoms. The molecule has 34 heavy (non-hydrogen) atoms. The number of alkyl halides is 3. The normalized spacial score (nSPS) is 11.7. The highest BCUT2D eigenvalue weighted by Gasteiger charge is 2.35. The van der Waals surface area contributed by atoms with Gasteiger partial charge in [0.25, 0.3) is 0 Å². The van der Waals surface area contributed by atoms with Crippen molar-refractivity contribution >= 4 is 44.8 Å². The van der Waals surface area contributed by atoms with Crippen molar-refractivity contribution in [1.82, 2.24) is 9.97 Å². The van der Waals surface area contributed by atoms with Gasteiger partial charge < -0.3 is 15.7 Å². The number of hydrogen-bond acceptors (Lipinski definition) is 7. The van der Waals surface area contributed by atoms with E-state index in [1.807, 2.05) is 0 Å². The van der Waals surface area contributed by atoms with Gasteiger partial charge in [0.1, 0.15) is 17.2 Å². The number of para-hydroxylation sites is 2. The summed E-state index contributed by atoms with van der Waals surface area (Å²) < 4.78 is 79.4. The van der Waals surface area contributed by atoms with Crippen LogP contribution < -0.4 is 14.9 Å². The lowest BCUT2D eigenvalue weighted by Crippen LogP contribution is -2.25. The summed E-state index contributed by atoms with van der Waals surface area (Å²) in [6, 6.07) is 8.75. The number of rotatable bonds is 7. The van der Waals surface area contributed by atoms with Gasteiger partial charge in [-0.05, 0) is 30.3 Å². The Morgan fingerprint density at radius 1 is 1.12 bits per heavy atom. The summed E-state index contributed by atoms with van der Waals surface area (Å²) in [4.78, 5) is 18.4. The lowest BCUT2D eigenvalue weighted by Gasteiger charge is -2.22. The van der Waals surface area contributed by atoms with E-state index in [0.29, 0.717) is 6.20 Å². The molecular formula is C20H17F4N5O4S. The van der Waals surface area contributed by atoms with E-state index >= 15 is 0 Å². The minimum absolute atomic E-state index is 0.00887. The Bertz CT molecular complexity index is 1350. The first-order valence-electron chi connectivity index (χ1n) is 9.31. The minimum Gasteiger partial charge on any atom is -0.478 e. The Balaban J connectivity index is 2.02. The second-order valence-corrected chi connectivity index (χ2v) is 8.96. The average molecular weight is 499 g/mol. The zero-order chi connectivity index (χ0) is 25.3. The molecule has 0 bridgehead atoms. The first kappa shape index (κ1) is 24.7.